The third-order valence-corrected chi connectivity index (χ3v) is 4.93. The summed E-state index contributed by atoms with van der Waals surface area (Å²) in [5, 5.41) is 8.47. The lowest BCUT2D eigenvalue weighted by molar-refractivity contribution is 0.0949. The van der Waals surface area contributed by atoms with Gasteiger partial charge in [0.1, 0.15) is 0 Å². The van der Waals surface area contributed by atoms with Crippen LogP contribution in [0.4, 0.5) is 0 Å². The Morgan fingerprint density at radius 2 is 2.00 bits per heavy atom. The maximum Gasteiger partial charge on any atom is 0.255 e. The van der Waals surface area contributed by atoms with Gasteiger partial charge in [0.25, 0.3) is 5.91 Å². The third kappa shape index (κ3) is 4.15. The maximum absolute atomic E-state index is 12.9. The van der Waals surface area contributed by atoms with Crippen molar-refractivity contribution in [3.8, 4) is 5.69 Å². The number of rotatable bonds is 5. The van der Waals surface area contributed by atoms with E-state index < -0.39 is 0 Å². The van der Waals surface area contributed by atoms with Gasteiger partial charge in [-0.3, -0.25) is 9.78 Å². The summed E-state index contributed by atoms with van der Waals surface area (Å²) in [6.07, 6.45) is 3.43. The summed E-state index contributed by atoms with van der Waals surface area (Å²) >= 11 is 12.2. The SMILES string of the molecule is Cc1nn(-c2ccc(Cl)c(Cl)c2)c(C(C)C)c1C(=O)NCc1cccnc1. The Hall–Kier alpha value is -2.37. The Morgan fingerprint density at radius 1 is 1.22 bits per heavy atom. The number of nitrogens with zero attached hydrogens (tertiary/aromatic N) is 3. The summed E-state index contributed by atoms with van der Waals surface area (Å²) in [6.45, 7) is 6.30. The van der Waals surface area contributed by atoms with Crippen molar-refractivity contribution in [3.63, 3.8) is 0 Å². The zero-order valence-electron chi connectivity index (χ0n) is 15.3. The Morgan fingerprint density at radius 3 is 2.63 bits per heavy atom. The number of carbonyl (C=O) groups excluding carboxylic acids is 1. The number of aryl methyl sites for hydroxylation is 1. The molecule has 27 heavy (non-hydrogen) atoms. The average Bonchev–Trinajstić information content (AvgIpc) is 3.00. The van der Waals surface area contributed by atoms with Crippen molar-refractivity contribution in [2.45, 2.75) is 33.2 Å². The van der Waals surface area contributed by atoms with E-state index in [0.29, 0.717) is 27.8 Å². The number of pyridine rings is 1. The molecule has 2 aromatic heterocycles. The van der Waals surface area contributed by atoms with Gasteiger partial charge in [-0.15, -0.1) is 0 Å². The third-order valence-electron chi connectivity index (χ3n) is 4.19. The van der Waals surface area contributed by atoms with Gasteiger partial charge in [0, 0.05) is 18.9 Å². The second kappa shape index (κ2) is 8.11. The van der Waals surface area contributed by atoms with Gasteiger partial charge in [-0.1, -0.05) is 43.1 Å². The van der Waals surface area contributed by atoms with Crippen LogP contribution in [0.2, 0.25) is 10.0 Å². The molecule has 0 aliphatic rings. The fourth-order valence-electron chi connectivity index (χ4n) is 2.95. The minimum absolute atomic E-state index is 0.0831. The molecule has 1 aromatic carbocycles. The number of halogens is 2. The summed E-state index contributed by atoms with van der Waals surface area (Å²) in [7, 11) is 0. The molecule has 1 amide bonds. The molecule has 5 nitrogen and oxygen atoms in total. The topological polar surface area (TPSA) is 59.8 Å². The van der Waals surface area contributed by atoms with Crippen molar-refractivity contribution in [1.82, 2.24) is 20.1 Å². The molecule has 0 unspecified atom stereocenters. The lowest BCUT2D eigenvalue weighted by atomic mass is 10.0. The van der Waals surface area contributed by atoms with E-state index in [0.717, 1.165) is 16.9 Å². The van der Waals surface area contributed by atoms with Crippen molar-refractivity contribution in [3.05, 3.63) is 75.3 Å². The molecule has 0 spiro atoms. The van der Waals surface area contributed by atoms with Gasteiger partial charge in [-0.05, 0) is 42.7 Å². The fourth-order valence-corrected chi connectivity index (χ4v) is 3.24. The predicted octanol–water partition coefficient (Wildman–Crippen LogP) is 4.94. The van der Waals surface area contributed by atoms with Gasteiger partial charge in [-0.25, -0.2) is 4.68 Å². The van der Waals surface area contributed by atoms with Crippen LogP contribution >= 0.6 is 23.2 Å². The summed E-state index contributed by atoms with van der Waals surface area (Å²) < 4.78 is 1.77. The lowest BCUT2D eigenvalue weighted by Crippen LogP contribution is -2.25. The highest BCUT2D eigenvalue weighted by atomic mass is 35.5. The molecular weight excluding hydrogens is 383 g/mol. The molecule has 0 aliphatic heterocycles. The molecular formula is C20H20Cl2N4O. The number of nitrogens with one attached hydrogen (secondary N) is 1. The predicted molar refractivity (Wildman–Crippen MR) is 108 cm³/mol. The number of hydrogen-bond donors (Lipinski definition) is 1. The molecule has 2 heterocycles. The van der Waals surface area contributed by atoms with Gasteiger partial charge in [0.2, 0.25) is 0 Å². The molecule has 0 radical (unpaired) electrons. The van der Waals surface area contributed by atoms with Crippen LogP contribution in [-0.4, -0.2) is 20.7 Å². The van der Waals surface area contributed by atoms with E-state index in [1.807, 2.05) is 39.0 Å². The summed E-state index contributed by atoms with van der Waals surface area (Å²) in [6, 6.07) is 9.07. The quantitative estimate of drug-likeness (QED) is 0.657. The second-order valence-corrected chi connectivity index (χ2v) is 7.37. The van der Waals surface area contributed by atoms with Crippen LogP contribution in [0.5, 0.6) is 0 Å². The largest absolute Gasteiger partial charge is 0.348 e. The van der Waals surface area contributed by atoms with E-state index in [9.17, 15) is 4.79 Å². The smallest absolute Gasteiger partial charge is 0.255 e. The van der Waals surface area contributed by atoms with Crippen LogP contribution in [0.25, 0.3) is 5.69 Å². The highest BCUT2D eigenvalue weighted by Gasteiger charge is 2.24. The van der Waals surface area contributed by atoms with Crippen LogP contribution in [0.15, 0.2) is 42.7 Å². The number of amides is 1. The molecule has 140 valence electrons. The fraction of sp³-hybridized carbons (Fsp3) is 0.250. The van der Waals surface area contributed by atoms with Gasteiger partial charge in [0.15, 0.2) is 0 Å². The molecule has 7 heteroatoms. The Bertz CT molecular complexity index is 968. The molecule has 1 N–H and O–H groups in total. The zero-order chi connectivity index (χ0) is 19.6. The van der Waals surface area contributed by atoms with E-state index in [4.69, 9.17) is 23.2 Å². The van der Waals surface area contributed by atoms with Crippen molar-refractivity contribution in [2.24, 2.45) is 0 Å². The lowest BCUT2D eigenvalue weighted by Gasteiger charge is -2.13. The first-order valence-electron chi connectivity index (χ1n) is 8.60. The number of carbonyl (C=O) groups is 1. The Labute approximate surface area is 168 Å². The van der Waals surface area contributed by atoms with E-state index in [1.165, 1.54) is 0 Å². The summed E-state index contributed by atoms with van der Waals surface area (Å²) in [5.74, 6) is -0.0776. The Balaban J connectivity index is 1.96. The summed E-state index contributed by atoms with van der Waals surface area (Å²) in [5.41, 5.74) is 3.77. The van der Waals surface area contributed by atoms with Crippen LogP contribution in [0, 0.1) is 6.92 Å². The highest BCUT2D eigenvalue weighted by molar-refractivity contribution is 6.42. The van der Waals surface area contributed by atoms with Crippen molar-refractivity contribution in [1.29, 1.82) is 0 Å². The molecule has 0 bridgehead atoms. The highest BCUT2D eigenvalue weighted by Crippen LogP contribution is 2.29. The van der Waals surface area contributed by atoms with Crippen molar-refractivity contribution in [2.75, 3.05) is 0 Å². The minimum Gasteiger partial charge on any atom is -0.348 e. The van der Waals surface area contributed by atoms with E-state index in [1.54, 1.807) is 29.2 Å². The van der Waals surface area contributed by atoms with Gasteiger partial charge in [0.05, 0.1) is 32.7 Å². The number of benzene rings is 1. The standard InChI is InChI=1S/C20H20Cl2N4O/c1-12(2)19-18(20(27)24-11-14-5-4-8-23-10-14)13(3)25-26(19)15-6-7-16(21)17(22)9-15/h4-10,12H,11H2,1-3H3,(H,24,27). The van der Waals surface area contributed by atoms with E-state index >= 15 is 0 Å². The van der Waals surface area contributed by atoms with E-state index in [2.05, 4.69) is 15.4 Å². The van der Waals surface area contributed by atoms with Crippen LogP contribution in [-0.2, 0) is 6.54 Å². The molecule has 0 saturated carbocycles. The first kappa shape index (κ1) is 19.4. The second-order valence-electron chi connectivity index (χ2n) is 6.55. The molecule has 3 aromatic rings. The number of hydrogen-bond acceptors (Lipinski definition) is 3. The normalized spacial score (nSPS) is 11.0. The number of aromatic nitrogens is 3. The molecule has 0 aliphatic carbocycles. The van der Waals surface area contributed by atoms with Crippen molar-refractivity contribution >= 4 is 29.1 Å². The first-order valence-corrected chi connectivity index (χ1v) is 9.36. The molecule has 3 rings (SSSR count). The molecule has 0 atom stereocenters. The Kier molecular flexibility index (Phi) is 5.82. The molecule has 0 saturated heterocycles. The van der Waals surface area contributed by atoms with Crippen LogP contribution in [0.3, 0.4) is 0 Å². The summed E-state index contributed by atoms with van der Waals surface area (Å²) in [4.78, 5) is 17.0. The minimum atomic E-state index is -0.161. The average molecular weight is 403 g/mol. The van der Waals surface area contributed by atoms with Gasteiger partial charge in [-0.2, -0.15) is 5.10 Å². The monoisotopic (exact) mass is 402 g/mol. The van der Waals surface area contributed by atoms with Crippen molar-refractivity contribution < 1.29 is 4.79 Å². The van der Waals surface area contributed by atoms with Crippen LogP contribution < -0.4 is 5.32 Å². The first-order chi connectivity index (χ1) is 12.9. The molecule has 0 fully saturated rings. The van der Waals surface area contributed by atoms with Gasteiger partial charge < -0.3 is 5.32 Å². The van der Waals surface area contributed by atoms with Crippen LogP contribution in [0.1, 0.15) is 47.1 Å². The maximum atomic E-state index is 12.9. The van der Waals surface area contributed by atoms with E-state index in [-0.39, 0.29) is 11.8 Å². The van der Waals surface area contributed by atoms with Gasteiger partial charge >= 0.3 is 0 Å². The zero-order valence-corrected chi connectivity index (χ0v) is 16.8.